The molecule has 2 rings (SSSR count). The molecule has 0 unspecified atom stereocenters. The summed E-state index contributed by atoms with van der Waals surface area (Å²) in [6, 6.07) is 3.44. The van der Waals surface area contributed by atoms with Gasteiger partial charge in [0.15, 0.2) is 6.29 Å². The lowest BCUT2D eigenvalue weighted by Gasteiger charge is -1.93. The number of fused-ring (bicyclic) bond motifs is 1. The van der Waals surface area contributed by atoms with Gasteiger partial charge in [-0.15, -0.1) is 0 Å². The zero-order valence-corrected chi connectivity index (χ0v) is 6.14. The number of rotatable bonds is 1. The van der Waals surface area contributed by atoms with Crippen LogP contribution >= 0.6 is 0 Å². The second-order valence-electron chi connectivity index (χ2n) is 2.32. The fourth-order valence-electron chi connectivity index (χ4n) is 0.963. The SMILES string of the molecule is O=Cc1ccc2cnncc2n1. The highest BCUT2D eigenvalue weighted by atomic mass is 16.1. The molecule has 2 heterocycles. The maximum absolute atomic E-state index is 10.4. The second kappa shape index (κ2) is 2.65. The largest absolute Gasteiger partial charge is 0.296 e. The lowest BCUT2D eigenvalue weighted by Crippen LogP contribution is -1.88. The number of nitrogens with zero attached hydrogens (tertiary/aromatic N) is 3. The van der Waals surface area contributed by atoms with Crippen LogP contribution in [-0.2, 0) is 0 Å². The third kappa shape index (κ3) is 1.03. The zero-order chi connectivity index (χ0) is 8.39. The molecule has 0 radical (unpaired) electrons. The van der Waals surface area contributed by atoms with Crippen LogP contribution in [0.5, 0.6) is 0 Å². The van der Waals surface area contributed by atoms with Gasteiger partial charge in [-0.2, -0.15) is 10.2 Å². The van der Waals surface area contributed by atoms with Crippen LogP contribution in [0.3, 0.4) is 0 Å². The van der Waals surface area contributed by atoms with Crippen molar-refractivity contribution in [1.82, 2.24) is 15.2 Å². The fraction of sp³-hybridized carbons (Fsp3) is 0. The Labute approximate surface area is 68.3 Å². The minimum atomic E-state index is 0.413. The van der Waals surface area contributed by atoms with Gasteiger partial charge in [0.1, 0.15) is 5.69 Å². The normalized spacial score (nSPS) is 10.0. The van der Waals surface area contributed by atoms with Crippen LogP contribution in [0.1, 0.15) is 10.5 Å². The van der Waals surface area contributed by atoms with Crippen molar-refractivity contribution in [1.29, 1.82) is 0 Å². The zero-order valence-electron chi connectivity index (χ0n) is 6.14. The maximum atomic E-state index is 10.4. The van der Waals surface area contributed by atoms with Crippen molar-refractivity contribution in [3.8, 4) is 0 Å². The van der Waals surface area contributed by atoms with Gasteiger partial charge >= 0.3 is 0 Å². The van der Waals surface area contributed by atoms with E-state index in [2.05, 4.69) is 15.2 Å². The fourth-order valence-corrected chi connectivity index (χ4v) is 0.963. The lowest BCUT2D eigenvalue weighted by atomic mass is 10.3. The number of carbonyl (C=O) groups excluding carboxylic acids is 1. The summed E-state index contributed by atoms with van der Waals surface area (Å²) in [4.78, 5) is 14.4. The predicted octanol–water partition coefficient (Wildman–Crippen LogP) is 0.837. The molecule has 4 nitrogen and oxygen atoms in total. The standard InChI is InChI=1S/C8H5N3O/c12-5-7-2-1-6-3-9-10-4-8(6)11-7/h1-5H. The summed E-state index contributed by atoms with van der Waals surface area (Å²) in [5.74, 6) is 0. The molecule has 0 aromatic carbocycles. The Morgan fingerprint density at radius 1 is 1.17 bits per heavy atom. The first kappa shape index (κ1) is 6.84. The minimum Gasteiger partial charge on any atom is -0.296 e. The van der Waals surface area contributed by atoms with Crippen molar-refractivity contribution in [2.75, 3.05) is 0 Å². The molecule has 0 amide bonds. The third-order valence-electron chi connectivity index (χ3n) is 1.54. The van der Waals surface area contributed by atoms with Crippen LogP contribution in [0.15, 0.2) is 24.5 Å². The molecule has 2 aromatic heterocycles. The summed E-state index contributed by atoms with van der Waals surface area (Å²) in [5, 5.41) is 8.23. The van der Waals surface area contributed by atoms with E-state index in [1.54, 1.807) is 18.3 Å². The van der Waals surface area contributed by atoms with E-state index >= 15 is 0 Å². The summed E-state index contributed by atoms with van der Waals surface area (Å²) >= 11 is 0. The average Bonchev–Trinajstić information content (AvgIpc) is 2.17. The van der Waals surface area contributed by atoms with E-state index in [4.69, 9.17) is 0 Å². The molecule has 2 aromatic rings. The molecule has 0 spiro atoms. The van der Waals surface area contributed by atoms with E-state index in [1.165, 1.54) is 6.20 Å². The Hall–Kier alpha value is -1.84. The quantitative estimate of drug-likeness (QED) is 0.578. The van der Waals surface area contributed by atoms with Crippen LogP contribution in [0.25, 0.3) is 10.9 Å². The van der Waals surface area contributed by atoms with E-state index in [9.17, 15) is 4.79 Å². The summed E-state index contributed by atoms with van der Waals surface area (Å²) < 4.78 is 0. The Kier molecular flexibility index (Phi) is 1.51. The molecule has 4 heteroatoms. The predicted molar refractivity (Wildman–Crippen MR) is 42.7 cm³/mol. The first-order valence-electron chi connectivity index (χ1n) is 3.43. The van der Waals surface area contributed by atoms with Crippen molar-refractivity contribution in [2.24, 2.45) is 0 Å². The van der Waals surface area contributed by atoms with Crippen molar-refractivity contribution in [3.05, 3.63) is 30.2 Å². The Bertz CT molecular complexity index is 427. The van der Waals surface area contributed by atoms with Gasteiger partial charge in [-0.3, -0.25) is 4.79 Å². The summed E-state index contributed by atoms with van der Waals surface area (Å²) in [7, 11) is 0. The Morgan fingerprint density at radius 2 is 2.00 bits per heavy atom. The van der Waals surface area contributed by atoms with Gasteiger partial charge in [0.2, 0.25) is 0 Å². The summed E-state index contributed by atoms with van der Waals surface area (Å²) in [6.45, 7) is 0. The molecule has 58 valence electrons. The molecule has 0 aliphatic rings. The number of pyridine rings is 1. The van der Waals surface area contributed by atoms with Crippen LogP contribution in [0.4, 0.5) is 0 Å². The highest BCUT2D eigenvalue weighted by molar-refractivity contribution is 5.81. The Balaban J connectivity index is 2.75. The number of carbonyl (C=O) groups is 1. The number of aromatic nitrogens is 3. The minimum absolute atomic E-state index is 0.413. The third-order valence-corrected chi connectivity index (χ3v) is 1.54. The Morgan fingerprint density at radius 3 is 2.83 bits per heavy atom. The van der Waals surface area contributed by atoms with Gasteiger partial charge in [-0.05, 0) is 12.1 Å². The van der Waals surface area contributed by atoms with Crippen molar-refractivity contribution < 1.29 is 4.79 Å². The van der Waals surface area contributed by atoms with Gasteiger partial charge < -0.3 is 0 Å². The van der Waals surface area contributed by atoms with E-state index in [-0.39, 0.29) is 0 Å². The molecule has 0 aliphatic heterocycles. The topological polar surface area (TPSA) is 55.7 Å². The van der Waals surface area contributed by atoms with Crippen LogP contribution in [0, 0.1) is 0 Å². The molecular weight excluding hydrogens is 154 g/mol. The summed E-state index contributed by atoms with van der Waals surface area (Å²) in [5.41, 5.74) is 1.10. The number of aldehydes is 1. The highest BCUT2D eigenvalue weighted by Crippen LogP contribution is 2.07. The van der Waals surface area contributed by atoms with Crippen LogP contribution < -0.4 is 0 Å². The molecular formula is C8H5N3O. The summed E-state index contributed by atoms with van der Waals surface area (Å²) in [6.07, 6.45) is 3.85. The molecule has 0 saturated heterocycles. The van der Waals surface area contributed by atoms with E-state index in [0.29, 0.717) is 17.5 Å². The van der Waals surface area contributed by atoms with E-state index < -0.39 is 0 Å². The monoisotopic (exact) mass is 159 g/mol. The van der Waals surface area contributed by atoms with Gasteiger partial charge in [0, 0.05) is 5.39 Å². The van der Waals surface area contributed by atoms with Gasteiger partial charge in [-0.25, -0.2) is 4.98 Å². The van der Waals surface area contributed by atoms with Crippen LogP contribution in [0.2, 0.25) is 0 Å². The molecule has 0 bridgehead atoms. The van der Waals surface area contributed by atoms with Crippen molar-refractivity contribution >= 4 is 17.2 Å². The highest BCUT2D eigenvalue weighted by Gasteiger charge is 1.95. The lowest BCUT2D eigenvalue weighted by molar-refractivity contribution is 0.111. The van der Waals surface area contributed by atoms with Crippen LogP contribution in [-0.4, -0.2) is 21.5 Å². The molecule has 12 heavy (non-hydrogen) atoms. The molecule has 0 saturated carbocycles. The average molecular weight is 159 g/mol. The molecule has 0 aliphatic carbocycles. The second-order valence-corrected chi connectivity index (χ2v) is 2.32. The molecule has 0 fully saturated rings. The first-order valence-corrected chi connectivity index (χ1v) is 3.43. The smallest absolute Gasteiger partial charge is 0.168 e. The first-order chi connectivity index (χ1) is 5.90. The van der Waals surface area contributed by atoms with Crippen molar-refractivity contribution in [2.45, 2.75) is 0 Å². The van der Waals surface area contributed by atoms with E-state index in [0.717, 1.165) is 5.39 Å². The van der Waals surface area contributed by atoms with Crippen molar-refractivity contribution in [3.63, 3.8) is 0 Å². The van der Waals surface area contributed by atoms with Gasteiger partial charge in [0.25, 0.3) is 0 Å². The van der Waals surface area contributed by atoms with Gasteiger partial charge in [0.05, 0.1) is 17.9 Å². The molecule has 0 N–H and O–H groups in total. The van der Waals surface area contributed by atoms with E-state index in [1.807, 2.05) is 0 Å². The maximum Gasteiger partial charge on any atom is 0.168 e. The molecule has 0 atom stereocenters. The number of hydrogen-bond acceptors (Lipinski definition) is 4. The number of hydrogen-bond donors (Lipinski definition) is 0. The van der Waals surface area contributed by atoms with Gasteiger partial charge in [-0.1, -0.05) is 0 Å².